The molecule has 1 aromatic heterocycles. The molecule has 1 heterocycles. The lowest BCUT2D eigenvalue weighted by Gasteiger charge is -2.12. The second kappa shape index (κ2) is 8.69. The van der Waals surface area contributed by atoms with Gasteiger partial charge in [0.2, 0.25) is 0 Å². The number of aromatic nitrogens is 2. The molecule has 5 nitrogen and oxygen atoms in total. The highest BCUT2D eigenvalue weighted by Crippen LogP contribution is 2.18. The molecule has 1 rings (SSSR count). The van der Waals surface area contributed by atoms with Gasteiger partial charge < -0.3 is 15.8 Å². The maximum Gasteiger partial charge on any atom is 0.134 e. The average molecular weight is 266 g/mol. The van der Waals surface area contributed by atoms with Gasteiger partial charge in [0.15, 0.2) is 0 Å². The Labute approximate surface area is 116 Å². The zero-order chi connectivity index (χ0) is 14.1. The van der Waals surface area contributed by atoms with Crippen LogP contribution in [0.15, 0.2) is 6.33 Å². The van der Waals surface area contributed by atoms with Crippen LogP contribution in [0.4, 0.5) is 11.6 Å². The van der Waals surface area contributed by atoms with Gasteiger partial charge in [-0.3, -0.25) is 0 Å². The van der Waals surface area contributed by atoms with Crippen molar-refractivity contribution < 1.29 is 4.74 Å². The van der Waals surface area contributed by atoms with E-state index >= 15 is 0 Å². The lowest BCUT2D eigenvalue weighted by Crippen LogP contribution is -2.12. The summed E-state index contributed by atoms with van der Waals surface area (Å²) in [6.07, 6.45) is 4.40. The first kappa shape index (κ1) is 15.7. The van der Waals surface area contributed by atoms with E-state index in [1.165, 1.54) is 6.33 Å². The molecule has 0 aromatic carbocycles. The molecule has 19 heavy (non-hydrogen) atoms. The summed E-state index contributed by atoms with van der Waals surface area (Å²) in [5, 5.41) is 3.32. The van der Waals surface area contributed by atoms with Crippen molar-refractivity contribution in [2.45, 2.75) is 40.0 Å². The number of hydrogen-bond donors (Lipinski definition) is 2. The number of nitrogens with one attached hydrogen (secondary N) is 1. The summed E-state index contributed by atoms with van der Waals surface area (Å²) in [4.78, 5) is 8.30. The molecular formula is C14H26N4O. The van der Waals surface area contributed by atoms with E-state index in [0.717, 1.165) is 50.4 Å². The Morgan fingerprint density at radius 2 is 2.16 bits per heavy atom. The largest absolute Gasteiger partial charge is 0.383 e. The molecule has 0 saturated carbocycles. The van der Waals surface area contributed by atoms with Crippen molar-refractivity contribution >= 4 is 11.6 Å². The van der Waals surface area contributed by atoms with Gasteiger partial charge in [-0.15, -0.1) is 0 Å². The molecule has 0 saturated heterocycles. The van der Waals surface area contributed by atoms with Crippen LogP contribution in [-0.2, 0) is 11.2 Å². The fourth-order valence-electron chi connectivity index (χ4n) is 1.77. The Morgan fingerprint density at radius 3 is 2.84 bits per heavy atom. The molecule has 0 atom stereocenters. The average Bonchev–Trinajstić information content (AvgIpc) is 2.37. The van der Waals surface area contributed by atoms with Crippen LogP contribution in [0.2, 0.25) is 0 Å². The van der Waals surface area contributed by atoms with Gasteiger partial charge in [0.05, 0.1) is 0 Å². The molecule has 0 amide bonds. The Kier molecular flexibility index (Phi) is 7.18. The van der Waals surface area contributed by atoms with Gasteiger partial charge in [0.25, 0.3) is 0 Å². The molecule has 0 unspecified atom stereocenters. The highest BCUT2D eigenvalue weighted by molar-refractivity contribution is 5.54. The standard InChI is InChI=1S/C14H26N4O/c1-4-6-12-13(15)17-10-18-14(12)16-7-5-8-19-9-11(2)3/h10-11H,4-9H2,1-3H3,(H3,15,16,17,18). The SMILES string of the molecule is CCCc1c(N)ncnc1NCCCOCC(C)C. The second-order valence-corrected chi connectivity index (χ2v) is 5.09. The molecule has 3 N–H and O–H groups in total. The number of nitrogens with zero attached hydrogens (tertiary/aromatic N) is 2. The first-order chi connectivity index (χ1) is 9.15. The Balaban J connectivity index is 2.34. The van der Waals surface area contributed by atoms with Crippen LogP contribution in [0.5, 0.6) is 0 Å². The van der Waals surface area contributed by atoms with E-state index in [2.05, 4.69) is 36.1 Å². The summed E-state index contributed by atoms with van der Waals surface area (Å²) < 4.78 is 5.54. The van der Waals surface area contributed by atoms with Crippen molar-refractivity contribution in [2.24, 2.45) is 5.92 Å². The minimum Gasteiger partial charge on any atom is -0.383 e. The molecule has 0 aliphatic carbocycles. The van der Waals surface area contributed by atoms with Gasteiger partial charge in [-0.25, -0.2) is 9.97 Å². The molecule has 108 valence electrons. The van der Waals surface area contributed by atoms with Gasteiger partial charge >= 0.3 is 0 Å². The van der Waals surface area contributed by atoms with E-state index in [9.17, 15) is 0 Å². The second-order valence-electron chi connectivity index (χ2n) is 5.09. The van der Waals surface area contributed by atoms with Crippen molar-refractivity contribution in [3.05, 3.63) is 11.9 Å². The van der Waals surface area contributed by atoms with E-state index < -0.39 is 0 Å². The quantitative estimate of drug-likeness (QED) is 0.672. The molecule has 5 heteroatoms. The summed E-state index contributed by atoms with van der Waals surface area (Å²) in [5.74, 6) is 2.03. The summed E-state index contributed by atoms with van der Waals surface area (Å²) in [7, 11) is 0. The van der Waals surface area contributed by atoms with Crippen molar-refractivity contribution in [3.63, 3.8) is 0 Å². The Bertz CT molecular complexity index is 368. The molecule has 0 aliphatic rings. The van der Waals surface area contributed by atoms with Crippen LogP contribution < -0.4 is 11.1 Å². The molecular weight excluding hydrogens is 240 g/mol. The summed E-state index contributed by atoms with van der Waals surface area (Å²) in [5.41, 5.74) is 6.90. The van der Waals surface area contributed by atoms with E-state index in [0.29, 0.717) is 11.7 Å². The fraction of sp³-hybridized carbons (Fsp3) is 0.714. The summed E-state index contributed by atoms with van der Waals surface area (Å²) in [6.45, 7) is 8.86. The number of nitrogen functional groups attached to an aromatic ring is 1. The number of rotatable bonds is 9. The predicted octanol–water partition coefficient (Wildman–Crippen LogP) is 2.49. The maximum absolute atomic E-state index is 5.88. The molecule has 0 fully saturated rings. The molecule has 0 bridgehead atoms. The van der Waals surface area contributed by atoms with Crippen molar-refractivity contribution in [2.75, 3.05) is 30.8 Å². The van der Waals surface area contributed by atoms with Crippen LogP contribution in [0.3, 0.4) is 0 Å². The first-order valence-electron chi connectivity index (χ1n) is 7.06. The van der Waals surface area contributed by atoms with Gasteiger partial charge in [-0.05, 0) is 18.8 Å². The smallest absolute Gasteiger partial charge is 0.134 e. The first-order valence-corrected chi connectivity index (χ1v) is 7.06. The van der Waals surface area contributed by atoms with Crippen molar-refractivity contribution in [3.8, 4) is 0 Å². The zero-order valence-corrected chi connectivity index (χ0v) is 12.3. The van der Waals surface area contributed by atoms with Gasteiger partial charge in [0, 0.05) is 25.3 Å². The molecule has 0 radical (unpaired) electrons. The normalized spacial score (nSPS) is 10.9. The summed E-state index contributed by atoms with van der Waals surface area (Å²) in [6, 6.07) is 0. The van der Waals surface area contributed by atoms with Gasteiger partial charge in [-0.2, -0.15) is 0 Å². The molecule has 1 aromatic rings. The van der Waals surface area contributed by atoms with Crippen LogP contribution in [0.1, 0.15) is 39.2 Å². The third-order valence-corrected chi connectivity index (χ3v) is 2.69. The zero-order valence-electron chi connectivity index (χ0n) is 12.3. The topological polar surface area (TPSA) is 73.1 Å². The van der Waals surface area contributed by atoms with Crippen LogP contribution in [0.25, 0.3) is 0 Å². The third kappa shape index (κ3) is 5.87. The maximum atomic E-state index is 5.88. The number of hydrogen-bond acceptors (Lipinski definition) is 5. The lowest BCUT2D eigenvalue weighted by molar-refractivity contribution is 0.110. The molecule has 0 aliphatic heterocycles. The minimum atomic E-state index is 0.579. The molecule has 0 spiro atoms. The van der Waals surface area contributed by atoms with E-state index in [1.807, 2.05) is 0 Å². The fourth-order valence-corrected chi connectivity index (χ4v) is 1.77. The third-order valence-electron chi connectivity index (χ3n) is 2.69. The predicted molar refractivity (Wildman–Crippen MR) is 79.2 cm³/mol. The monoisotopic (exact) mass is 266 g/mol. The highest BCUT2D eigenvalue weighted by Gasteiger charge is 2.07. The van der Waals surface area contributed by atoms with Crippen LogP contribution in [0, 0.1) is 5.92 Å². The number of ether oxygens (including phenoxy) is 1. The minimum absolute atomic E-state index is 0.579. The van der Waals surface area contributed by atoms with Crippen LogP contribution >= 0.6 is 0 Å². The van der Waals surface area contributed by atoms with E-state index in [4.69, 9.17) is 10.5 Å². The van der Waals surface area contributed by atoms with E-state index in [-0.39, 0.29) is 0 Å². The lowest BCUT2D eigenvalue weighted by atomic mass is 10.1. The highest BCUT2D eigenvalue weighted by atomic mass is 16.5. The Morgan fingerprint density at radius 1 is 1.37 bits per heavy atom. The van der Waals surface area contributed by atoms with Crippen molar-refractivity contribution in [1.29, 1.82) is 0 Å². The van der Waals surface area contributed by atoms with Crippen LogP contribution in [-0.4, -0.2) is 29.7 Å². The number of nitrogens with two attached hydrogens (primary N) is 1. The van der Waals surface area contributed by atoms with E-state index in [1.54, 1.807) is 0 Å². The van der Waals surface area contributed by atoms with Gasteiger partial charge in [-0.1, -0.05) is 27.2 Å². The van der Waals surface area contributed by atoms with Crippen molar-refractivity contribution in [1.82, 2.24) is 9.97 Å². The van der Waals surface area contributed by atoms with Gasteiger partial charge in [0.1, 0.15) is 18.0 Å². The Hall–Kier alpha value is -1.36. The number of anilines is 2. The summed E-state index contributed by atoms with van der Waals surface area (Å²) >= 11 is 0.